The molecule has 0 bridgehead atoms. The third-order valence-electron chi connectivity index (χ3n) is 5.61. The van der Waals surface area contributed by atoms with Crippen molar-refractivity contribution in [2.45, 2.75) is 38.7 Å². The number of nitrogens with zero attached hydrogens (tertiary/aromatic N) is 4. The maximum atomic E-state index is 12.8. The highest BCUT2D eigenvalue weighted by molar-refractivity contribution is 7.81. The second kappa shape index (κ2) is 9.41. The number of anilines is 2. The summed E-state index contributed by atoms with van der Waals surface area (Å²) in [5, 5.41) is 12.9. The van der Waals surface area contributed by atoms with E-state index in [0.717, 1.165) is 37.4 Å². The first kappa shape index (κ1) is 21.2. The highest BCUT2D eigenvalue weighted by Crippen LogP contribution is 2.28. The quantitative estimate of drug-likeness (QED) is 0.738. The van der Waals surface area contributed by atoms with Crippen molar-refractivity contribution in [2.24, 2.45) is 0 Å². The molecule has 4 rings (SSSR count). The summed E-state index contributed by atoms with van der Waals surface area (Å²) in [6, 6.07) is 11.7. The molecule has 7 nitrogen and oxygen atoms in total. The first-order valence-corrected chi connectivity index (χ1v) is 11.0. The van der Waals surface area contributed by atoms with Gasteiger partial charge in [-0.1, -0.05) is 0 Å². The van der Waals surface area contributed by atoms with Crippen molar-refractivity contribution in [2.75, 3.05) is 29.4 Å². The second-order valence-electron chi connectivity index (χ2n) is 7.80. The lowest BCUT2D eigenvalue weighted by molar-refractivity contribution is -0.117. The topological polar surface area (TPSA) is 81.5 Å². The molecule has 0 spiro atoms. The van der Waals surface area contributed by atoms with Gasteiger partial charge in [-0.05, 0) is 87.4 Å². The highest BCUT2D eigenvalue weighted by atomic mass is 32.1. The van der Waals surface area contributed by atoms with Gasteiger partial charge in [-0.3, -0.25) is 9.69 Å². The number of carbonyl (C=O) groups excluding carboxylic acids is 1. The Labute approximate surface area is 187 Å². The zero-order valence-electron chi connectivity index (χ0n) is 17.5. The maximum Gasteiger partial charge on any atom is 0.233 e. The SMILES string of the molecule is Cc1cc(N2C(=O)CCCN(c3ccc(OC4CCNCC4)cc3)C2=S)cnc1C#N. The summed E-state index contributed by atoms with van der Waals surface area (Å²) in [5.41, 5.74) is 2.56. The smallest absolute Gasteiger partial charge is 0.233 e. The summed E-state index contributed by atoms with van der Waals surface area (Å²) in [6.45, 7) is 4.42. The largest absolute Gasteiger partial charge is 0.490 e. The molecule has 0 aliphatic carbocycles. The molecule has 1 aromatic heterocycles. The Hall–Kier alpha value is -3.02. The number of benzene rings is 1. The fourth-order valence-electron chi connectivity index (χ4n) is 3.93. The molecule has 2 saturated heterocycles. The minimum absolute atomic E-state index is 0.0655. The highest BCUT2D eigenvalue weighted by Gasteiger charge is 2.29. The molecule has 2 aliphatic rings. The average molecular weight is 436 g/mol. The van der Waals surface area contributed by atoms with Crippen LogP contribution in [0.4, 0.5) is 11.4 Å². The first-order valence-electron chi connectivity index (χ1n) is 10.6. The minimum atomic E-state index is -0.0655. The number of thiocarbonyl (C=S) groups is 1. The van der Waals surface area contributed by atoms with E-state index in [2.05, 4.69) is 16.4 Å². The average Bonchev–Trinajstić information content (AvgIpc) is 2.93. The van der Waals surface area contributed by atoms with Gasteiger partial charge in [0.25, 0.3) is 0 Å². The van der Waals surface area contributed by atoms with Crippen LogP contribution in [0, 0.1) is 18.3 Å². The van der Waals surface area contributed by atoms with E-state index < -0.39 is 0 Å². The molecule has 3 heterocycles. The Morgan fingerprint density at radius 3 is 2.65 bits per heavy atom. The number of aromatic nitrogens is 1. The summed E-state index contributed by atoms with van der Waals surface area (Å²) in [5.74, 6) is 0.778. The Morgan fingerprint density at radius 1 is 1.23 bits per heavy atom. The fourth-order valence-corrected chi connectivity index (χ4v) is 4.33. The van der Waals surface area contributed by atoms with Crippen molar-refractivity contribution in [3.05, 3.63) is 47.8 Å². The number of aryl methyl sites for hydroxylation is 1. The summed E-state index contributed by atoms with van der Waals surface area (Å²) in [4.78, 5) is 20.5. The van der Waals surface area contributed by atoms with Crippen molar-refractivity contribution in [3.8, 4) is 11.8 Å². The summed E-state index contributed by atoms with van der Waals surface area (Å²) >= 11 is 5.74. The molecule has 2 aliphatic heterocycles. The number of nitrogens with one attached hydrogen (secondary N) is 1. The minimum Gasteiger partial charge on any atom is -0.490 e. The van der Waals surface area contributed by atoms with Crippen molar-refractivity contribution in [1.29, 1.82) is 5.26 Å². The zero-order chi connectivity index (χ0) is 21.8. The molecule has 0 unspecified atom stereocenters. The molecule has 1 aromatic carbocycles. The predicted octanol–water partition coefficient (Wildman–Crippen LogP) is 3.31. The van der Waals surface area contributed by atoms with Crippen LogP contribution in [0.3, 0.4) is 0 Å². The van der Waals surface area contributed by atoms with Gasteiger partial charge >= 0.3 is 0 Å². The van der Waals surface area contributed by atoms with E-state index >= 15 is 0 Å². The molecule has 2 aromatic rings. The molecule has 1 N–H and O–H groups in total. The Balaban J connectivity index is 1.55. The number of ether oxygens (including phenoxy) is 1. The van der Waals surface area contributed by atoms with Gasteiger partial charge in [-0.25, -0.2) is 4.98 Å². The maximum absolute atomic E-state index is 12.8. The van der Waals surface area contributed by atoms with E-state index in [1.54, 1.807) is 13.0 Å². The zero-order valence-corrected chi connectivity index (χ0v) is 18.3. The van der Waals surface area contributed by atoms with Gasteiger partial charge in [0.15, 0.2) is 5.11 Å². The van der Waals surface area contributed by atoms with E-state index in [1.165, 1.54) is 11.1 Å². The second-order valence-corrected chi connectivity index (χ2v) is 8.16. The Bertz CT molecular complexity index is 1010. The fraction of sp³-hybridized carbons (Fsp3) is 0.391. The van der Waals surface area contributed by atoms with Crippen molar-refractivity contribution >= 4 is 34.6 Å². The molecule has 1 amide bonds. The number of nitriles is 1. The molecule has 8 heteroatoms. The standard InChI is InChI=1S/C23H25N5O2S/c1-16-13-18(15-26-21(16)14-24)28-22(29)3-2-12-27(23(28)31)17-4-6-19(7-5-17)30-20-8-10-25-11-9-20/h4-7,13,15,20,25H,2-3,8-12H2,1H3. The predicted molar refractivity (Wildman–Crippen MR) is 123 cm³/mol. The molecule has 2 fully saturated rings. The first-order chi connectivity index (χ1) is 15.1. The van der Waals surface area contributed by atoms with Gasteiger partial charge in [-0.2, -0.15) is 5.26 Å². The van der Waals surface area contributed by atoms with Crippen LogP contribution in [0.25, 0.3) is 0 Å². The van der Waals surface area contributed by atoms with Crippen LogP contribution < -0.4 is 19.9 Å². The monoisotopic (exact) mass is 435 g/mol. The van der Waals surface area contributed by atoms with E-state index in [4.69, 9.17) is 22.2 Å². The normalized spacial score (nSPS) is 17.9. The van der Waals surface area contributed by atoms with Gasteiger partial charge in [0.05, 0.1) is 11.9 Å². The van der Waals surface area contributed by atoms with Crippen molar-refractivity contribution in [3.63, 3.8) is 0 Å². The van der Waals surface area contributed by atoms with Gasteiger partial charge in [0, 0.05) is 18.7 Å². The molecule has 31 heavy (non-hydrogen) atoms. The Kier molecular flexibility index (Phi) is 6.44. The van der Waals surface area contributed by atoms with E-state index in [-0.39, 0.29) is 12.0 Å². The number of carbonyl (C=O) groups is 1. The number of hydrogen-bond acceptors (Lipinski definition) is 6. The van der Waals surface area contributed by atoms with Crippen molar-refractivity contribution in [1.82, 2.24) is 10.3 Å². The number of hydrogen-bond donors (Lipinski definition) is 1. The lowest BCUT2D eigenvalue weighted by atomic mass is 10.1. The molecule has 160 valence electrons. The lowest BCUT2D eigenvalue weighted by Crippen LogP contribution is -2.44. The van der Waals surface area contributed by atoms with Crippen molar-refractivity contribution < 1.29 is 9.53 Å². The molecular weight excluding hydrogens is 410 g/mol. The van der Waals surface area contributed by atoms with Crippen LogP contribution in [0.2, 0.25) is 0 Å². The van der Waals surface area contributed by atoms with E-state index in [1.807, 2.05) is 29.2 Å². The number of pyridine rings is 1. The molecule has 0 atom stereocenters. The molecule has 0 saturated carbocycles. The summed E-state index contributed by atoms with van der Waals surface area (Å²) in [6.07, 6.45) is 4.89. The third kappa shape index (κ3) is 4.68. The van der Waals surface area contributed by atoms with Gasteiger partial charge in [0.1, 0.15) is 23.6 Å². The van der Waals surface area contributed by atoms with Gasteiger partial charge < -0.3 is 15.0 Å². The molecular formula is C23H25N5O2S. The Morgan fingerprint density at radius 2 is 1.97 bits per heavy atom. The number of rotatable bonds is 4. The summed E-state index contributed by atoms with van der Waals surface area (Å²) in [7, 11) is 0. The third-order valence-corrected chi connectivity index (χ3v) is 6.01. The van der Waals surface area contributed by atoms with Gasteiger partial charge in [-0.15, -0.1) is 0 Å². The van der Waals surface area contributed by atoms with E-state index in [9.17, 15) is 4.79 Å². The molecule has 0 radical (unpaired) electrons. The van der Waals surface area contributed by atoms with Crippen LogP contribution in [-0.4, -0.2) is 41.7 Å². The summed E-state index contributed by atoms with van der Waals surface area (Å²) < 4.78 is 6.10. The van der Waals surface area contributed by atoms with Crippen LogP contribution in [0.1, 0.15) is 36.9 Å². The van der Waals surface area contributed by atoms with Crippen LogP contribution in [0.15, 0.2) is 36.5 Å². The number of piperidine rings is 1. The van der Waals surface area contributed by atoms with Crippen LogP contribution >= 0.6 is 12.2 Å². The van der Waals surface area contributed by atoms with Gasteiger partial charge in [0.2, 0.25) is 5.91 Å². The van der Waals surface area contributed by atoms with Crippen LogP contribution in [0.5, 0.6) is 5.75 Å². The van der Waals surface area contributed by atoms with E-state index in [0.29, 0.717) is 41.4 Å². The lowest BCUT2D eigenvalue weighted by Gasteiger charge is -2.30. The number of amides is 1. The van der Waals surface area contributed by atoms with Crippen LogP contribution in [-0.2, 0) is 4.79 Å².